The summed E-state index contributed by atoms with van der Waals surface area (Å²) in [6, 6.07) is 0. The first-order valence-electron chi connectivity index (χ1n) is 4.33. The highest BCUT2D eigenvalue weighted by molar-refractivity contribution is 5.93. The highest BCUT2D eigenvalue weighted by atomic mass is 19.4. The molecule has 1 aromatic heterocycles. The predicted octanol–water partition coefficient (Wildman–Crippen LogP) is 1.48. The van der Waals surface area contributed by atoms with Crippen LogP contribution in [0.25, 0.3) is 0 Å². The lowest BCUT2D eigenvalue weighted by Crippen LogP contribution is -2.25. The third kappa shape index (κ3) is 4.48. The van der Waals surface area contributed by atoms with E-state index in [1.54, 1.807) is 0 Å². The summed E-state index contributed by atoms with van der Waals surface area (Å²) in [6.45, 7) is 0.00350. The third-order valence-electron chi connectivity index (χ3n) is 1.68. The van der Waals surface area contributed by atoms with Gasteiger partial charge >= 0.3 is 6.18 Å². The van der Waals surface area contributed by atoms with E-state index in [0.717, 1.165) is 0 Å². The van der Waals surface area contributed by atoms with E-state index in [1.807, 2.05) is 0 Å². The summed E-state index contributed by atoms with van der Waals surface area (Å²) in [5.41, 5.74) is 0.307. The second-order valence-corrected chi connectivity index (χ2v) is 2.96. The lowest BCUT2D eigenvalue weighted by molar-refractivity contribution is -0.135. The minimum absolute atomic E-state index is 0.00350. The normalized spacial score (nSPS) is 11.4. The van der Waals surface area contributed by atoms with Crippen molar-refractivity contribution in [2.45, 2.75) is 19.0 Å². The first kappa shape index (κ1) is 11.5. The van der Waals surface area contributed by atoms with Gasteiger partial charge in [0.1, 0.15) is 0 Å². The summed E-state index contributed by atoms with van der Waals surface area (Å²) in [7, 11) is 0. The molecule has 0 aliphatic heterocycles. The van der Waals surface area contributed by atoms with E-state index in [-0.39, 0.29) is 13.0 Å². The van der Waals surface area contributed by atoms with Gasteiger partial charge < -0.3 is 5.32 Å². The molecule has 0 bridgehead atoms. The van der Waals surface area contributed by atoms with Crippen LogP contribution in [0.15, 0.2) is 12.4 Å². The fourth-order valence-electron chi connectivity index (χ4n) is 0.968. The smallest absolute Gasteiger partial charge is 0.352 e. The number of carbonyl (C=O) groups is 1. The number of nitrogens with zero attached hydrogens (tertiary/aromatic N) is 1. The first-order chi connectivity index (χ1) is 6.99. The molecular formula is C8H10F3N3O. The molecule has 0 aliphatic rings. The van der Waals surface area contributed by atoms with Crippen LogP contribution < -0.4 is 5.32 Å². The first-order valence-corrected chi connectivity index (χ1v) is 4.33. The SMILES string of the molecule is O=C(NCCCC(F)(F)F)c1cn[nH]c1. The van der Waals surface area contributed by atoms with Gasteiger partial charge in [-0.1, -0.05) is 0 Å². The quantitative estimate of drug-likeness (QED) is 0.756. The average molecular weight is 221 g/mol. The molecular weight excluding hydrogens is 211 g/mol. The monoisotopic (exact) mass is 221 g/mol. The fourth-order valence-corrected chi connectivity index (χ4v) is 0.968. The zero-order chi connectivity index (χ0) is 11.3. The van der Waals surface area contributed by atoms with E-state index in [0.29, 0.717) is 5.56 Å². The molecule has 0 atom stereocenters. The number of nitrogens with one attached hydrogen (secondary N) is 2. The Labute approximate surface area is 83.9 Å². The van der Waals surface area contributed by atoms with Gasteiger partial charge in [-0.3, -0.25) is 9.89 Å². The fraction of sp³-hybridized carbons (Fsp3) is 0.500. The number of carbonyl (C=O) groups excluding carboxylic acids is 1. The van der Waals surface area contributed by atoms with Crippen LogP contribution in [0.2, 0.25) is 0 Å². The molecule has 15 heavy (non-hydrogen) atoms. The summed E-state index contributed by atoms with van der Waals surface area (Å²) < 4.78 is 35.2. The van der Waals surface area contributed by atoms with Gasteiger partial charge in [0.2, 0.25) is 0 Å². The van der Waals surface area contributed by atoms with Crippen molar-refractivity contribution >= 4 is 5.91 Å². The summed E-state index contributed by atoms with van der Waals surface area (Å²) >= 11 is 0. The van der Waals surface area contributed by atoms with Crippen molar-refractivity contribution in [3.8, 4) is 0 Å². The summed E-state index contributed by atoms with van der Waals surface area (Å²) in [5.74, 6) is -0.425. The zero-order valence-electron chi connectivity index (χ0n) is 7.77. The van der Waals surface area contributed by atoms with Crippen molar-refractivity contribution in [1.29, 1.82) is 0 Å². The molecule has 0 aliphatic carbocycles. The molecule has 0 fully saturated rings. The maximum absolute atomic E-state index is 11.7. The molecule has 4 nitrogen and oxygen atoms in total. The van der Waals surface area contributed by atoms with Gasteiger partial charge in [0.15, 0.2) is 0 Å². The lowest BCUT2D eigenvalue weighted by atomic mass is 10.3. The van der Waals surface area contributed by atoms with Crippen molar-refractivity contribution in [3.05, 3.63) is 18.0 Å². The van der Waals surface area contributed by atoms with Gasteiger partial charge in [-0.15, -0.1) is 0 Å². The number of H-pyrrole nitrogens is 1. The van der Waals surface area contributed by atoms with Gasteiger partial charge in [0.25, 0.3) is 5.91 Å². The van der Waals surface area contributed by atoms with E-state index in [1.165, 1.54) is 12.4 Å². The molecule has 0 spiro atoms. The number of hydrogen-bond acceptors (Lipinski definition) is 2. The Kier molecular flexibility index (Phi) is 3.70. The van der Waals surface area contributed by atoms with Gasteiger partial charge in [-0.2, -0.15) is 18.3 Å². The largest absolute Gasteiger partial charge is 0.389 e. The Balaban J connectivity index is 2.19. The summed E-state index contributed by atoms with van der Waals surface area (Å²) in [6.07, 6.45) is -2.50. The molecule has 1 amide bonds. The summed E-state index contributed by atoms with van der Waals surface area (Å²) in [4.78, 5) is 11.2. The third-order valence-corrected chi connectivity index (χ3v) is 1.68. The number of aromatic nitrogens is 2. The van der Waals surface area contributed by atoms with Crippen molar-refractivity contribution in [2.75, 3.05) is 6.54 Å². The number of rotatable bonds is 4. The zero-order valence-corrected chi connectivity index (χ0v) is 7.77. The van der Waals surface area contributed by atoms with Crippen LogP contribution in [0.3, 0.4) is 0 Å². The van der Waals surface area contributed by atoms with Crippen molar-refractivity contribution in [2.24, 2.45) is 0 Å². The lowest BCUT2D eigenvalue weighted by Gasteiger charge is -2.06. The minimum atomic E-state index is -4.17. The van der Waals surface area contributed by atoms with Crippen LogP contribution >= 0.6 is 0 Å². The summed E-state index contributed by atoms with van der Waals surface area (Å²) in [5, 5.41) is 8.34. The number of aromatic amines is 1. The van der Waals surface area contributed by atoms with E-state index in [2.05, 4.69) is 15.5 Å². The van der Waals surface area contributed by atoms with E-state index < -0.39 is 18.5 Å². The van der Waals surface area contributed by atoms with Crippen LogP contribution in [0.5, 0.6) is 0 Å². The molecule has 0 saturated heterocycles. The van der Waals surface area contributed by atoms with Crippen molar-refractivity contribution in [1.82, 2.24) is 15.5 Å². The van der Waals surface area contributed by atoms with Crippen molar-refractivity contribution in [3.63, 3.8) is 0 Å². The van der Waals surface area contributed by atoms with Gasteiger partial charge in [-0.05, 0) is 6.42 Å². The highest BCUT2D eigenvalue weighted by Crippen LogP contribution is 2.20. The Morgan fingerprint density at radius 2 is 2.27 bits per heavy atom. The predicted molar refractivity (Wildman–Crippen MR) is 46.2 cm³/mol. The number of hydrogen-bond donors (Lipinski definition) is 2. The van der Waals surface area contributed by atoms with E-state index in [4.69, 9.17) is 0 Å². The molecule has 1 aromatic rings. The molecule has 1 heterocycles. The van der Waals surface area contributed by atoms with Gasteiger partial charge in [0, 0.05) is 19.2 Å². The Hall–Kier alpha value is -1.53. The van der Waals surface area contributed by atoms with Crippen LogP contribution in [-0.4, -0.2) is 28.8 Å². The van der Waals surface area contributed by atoms with Crippen LogP contribution in [-0.2, 0) is 0 Å². The molecule has 7 heteroatoms. The highest BCUT2D eigenvalue weighted by Gasteiger charge is 2.25. The Morgan fingerprint density at radius 3 is 2.80 bits per heavy atom. The van der Waals surface area contributed by atoms with E-state index >= 15 is 0 Å². The second-order valence-electron chi connectivity index (χ2n) is 2.96. The average Bonchev–Trinajstić information content (AvgIpc) is 2.63. The molecule has 1 rings (SSSR count). The second kappa shape index (κ2) is 4.81. The maximum atomic E-state index is 11.7. The number of halogens is 3. The minimum Gasteiger partial charge on any atom is -0.352 e. The maximum Gasteiger partial charge on any atom is 0.389 e. The molecule has 0 unspecified atom stereocenters. The van der Waals surface area contributed by atoms with Crippen LogP contribution in [0, 0.1) is 0 Å². The molecule has 0 radical (unpaired) electrons. The molecule has 0 saturated carbocycles. The Bertz CT molecular complexity index is 307. The topological polar surface area (TPSA) is 57.8 Å². The number of amides is 1. The number of alkyl halides is 3. The van der Waals surface area contributed by atoms with Gasteiger partial charge in [0.05, 0.1) is 11.8 Å². The standard InChI is InChI=1S/C8H10F3N3O/c9-8(10,11)2-1-3-12-7(15)6-4-13-14-5-6/h4-5H,1-3H2,(H,12,15)(H,13,14). The molecule has 2 N–H and O–H groups in total. The van der Waals surface area contributed by atoms with Gasteiger partial charge in [-0.25, -0.2) is 0 Å². The van der Waals surface area contributed by atoms with Crippen molar-refractivity contribution < 1.29 is 18.0 Å². The van der Waals surface area contributed by atoms with E-state index in [9.17, 15) is 18.0 Å². The Morgan fingerprint density at radius 1 is 1.53 bits per heavy atom. The molecule has 0 aromatic carbocycles. The van der Waals surface area contributed by atoms with Crippen LogP contribution in [0.4, 0.5) is 13.2 Å². The van der Waals surface area contributed by atoms with Crippen LogP contribution in [0.1, 0.15) is 23.2 Å². The molecule has 84 valence electrons.